The van der Waals surface area contributed by atoms with Crippen molar-refractivity contribution in [3.8, 4) is 0 Å². The van der Waals surface area contributed by atoms with Crippen molar-refractivity contribution in [3.05, 3.63) is 22.8 Å². The highest BCUT2D eigenvalue weighted by atomic mass is 79.9. The Hall–Kier alpha value is -0.570. The third kappa shape index (κ3) is 0.904. The molecule has 2 rings (SSSR count). The molecule has 1 N–H and O–H groups in total. The number of fused-ring (bicyclic) bond motifs is 1. The van der Waals surface area contributed by atoms with Gasteiger partial charge in [-0.2, -0.15) is 0 Å². The lowest BCUT2D eigenvalue weighted by Crippen LogP contribution is -2.29. The molecule has 0 amide bonds. The van der Waals surface area contributed by atoms with Gasteiger partial charge in [-0.1, -0.05) is 0 Å². The van der Waals surface area contributed by atoms with Gasteiger partial charge in [-0.3, -0.25) is 4.99 Å². The Kier molecular flexibility index (Phi) is 1.38. The molecule has 0 aromatic rings. The highest BCUT2D eigenvalue weighted by Crippen LogP contribution is 2.17. The molecular formula is C7H7BrN2. The molecule has 0 saturated carbocycles. The number of hydrogen-bond donors (Lipinski definition) is 1. The Morgan fingerprint density at radius 3 is 3.40 bits per heavy atom. The first-order valence-corrected chi connectivity index (χ1v) is 3.99. The first-order valence-electron chi connectivity index (χ1n) is 3.19. The molecule has 0 aromatic carbocycles. The molecular weight excluding hydrogens is 192 g/mol. The van der Waals surface area contributed by atoms with E-state index in [4.69, 9.17) is 0 Å². The van der Waals surface area contributed by atoms with E-state index in [-0.39, 0.29) is 0 Å². The minimum absolute atomic E-state index is 0.321. The van der Waals surface area contributed by atoms with Crippen molar-refractivity contribution in [2.45, 2.75) is 12.1 Å². The predicted molar refractivity (Wildman–Crippen MR) is 45.4 cm³/mol. The van der Waals surface area contributed by atoms with Crippen molar-refractivity contribution in [1.82, 2.24) is 5.32 Å². The molecule has 2 aliphatic heterocycles. The van der Waals surface area contributed by atoms with Crippen molar-refractivity contribution in [1.29, 1.82) is 0 Å². The zero-order chi connectivity index (χ0) is 6.97. The topological polar surface area (TPSA) is 24.4 Å². The van der Waals surface area contributed by atoms with E-state index in [0.717, 1.165) is 4.48 Å². The van der Waals surface area contributed by atoms with Gasteiger partial charge in [-0.25, -0.2) is 0 Å². The number of nitrogens with zero attached hydrogens (tertiary/aromatic N) is 1. The van der Waals surface area contributed by atoms with Crippen molar-refractivity contribution in [2.24, 2.45) is 4.99 Å². The summed E-state index contributed by atoms with van der Waals surface area (Å²) < 4.78 is 1.06. The molecule has 52 valence electrons. The lowest BCUT2D eigenvalue weighted by molar-refractivity contribution is 0.667. The van der Waals surface area contributed by atoms with Crippen LogP contribution in [0, 0.1) is 0 Å². The number of nitrogens with one attached hydrogen (secondary N) is 1. The maximum atomic E-state index is 4.28. The molecule has 0 aliphatic carbocycles. The van der Waals surface area contributed by atoms with Crippen LogP contribution in [0.1, 0.15) is 0 Å². The number of aliphatic imine (C=N–C) groups is 1. The van der Waals surface area contributed by atoms with Gasteiger partial charge in [-0.15, -0.1) is 0 Å². The van der Waals surface area contributed by atoms with E-state index in [0.29, 0.717) is 12.1 Å². The molecule has 0 radical (unpaired) electrons. The summed E-state index contributed by atoms with van der Waals surface area (Å²) in [4.78, 5) is 4.28. The standard InChI is InChI=1S/C7H7BrN2/c8-5-3-7-6(10-4-5)1-2-9-7/h1-4,6-7,9H. The van der Waals surface area contributed by atoms with E-state index in [1.807, 2.05) is 12.4 Å². The summed E-state index contributed by atoms with van der Waals surface area (Å²) in [5.74, 6) is 0. The number of allylic oxidation sites excluding steroid dienone is 1. The van der Waals surface area contributed by atoms with E-state index < -0.39 is 0 Å². The summed E-state index contributed by atoms with van der Waals surface area (Å²) in [6, 6.07) is 0.695. The summed E-state index contributed by atoms with van der Waals surface area (Å²) in [7, 11) is 0. The van der Waals surface area contributed by atoms with Gasteiger partial charge in [0.2, 0.25) is 0 Å². The highest BCUT2D eigenvalue weighted by molar-refractivity contribution is 9.12. The summed E-state index contributed by atoms with van der Waals surface area (Å²) in [5, 5.41) is 3.19. The van der Waals surface area contributed by atoms with Crippen molar-refractivity contribution in [2.75, 3.05) is 0 Å². The van der Waals surface area contributed by atoms with Crippen molar-refractivity contribution >= 4 is 22.1 Å². The van der Waals surface area contributed by atoms with Crippen molar-refractivity contribution in [3.63, 3.8) is 0 Å². The maximum Gasteiger partial charge on any atom is 0.0934 e. The van der Waals surface area contributed by atoms with Crippen LogP contribution in [0.5, 0.6) is 0 Å². The lowest BCUT2D eigenvalue weighted by Gasteiger charge is -2.15. The Morgan fingerprint density at radius 2 is 2.50 bits per heavy atom. The van der Waals surface area contributed by atoms with Gasteiger partial charge in [0, 0.05) is 10.7 Å². The van der Waals surface area contributed by atoms with Crippen LogP contribution < -0.4 is 5.32 Å². The summed E-state index contributed by atoms with van der Waals surface area (Å²) in [6.45, 7) is 0. The van der Waals surface area contributed by atoms with Crippen LogP contribution in [0.3, 0.4) is 0 Å². The first kappa shape index (κ1) is 6.16. The second-order valence-corrected chi connectivity index (χ2v) is 3.29. The molecule has 0 spiro atoms. The summed E-state index contributed by atoms with van der Waals surface area (Å²) >= 11 is 3.37. The number of halogens is 1. The third-order valence-electron chi connectivity index (χ3n) is 1.66. The van der Waals surface area contributed by atoms with E-state index >= 15 is 0 Å². The van der Waals surface area contributed by atoms with Crippen LogP contribution in [0.2, 0.25) is 0 Å². The van der Waals surface area contributed by atoms with Gasteiger partial charge in [-0.05, 0) is 34.3 Å². The third-order valence-corrected chi connectivity index (χ3v) is 2.13. The fourth-order valence-corrected chi connectivity index (χ4v) is 1.55. The van der Waals surface area contributed by atoms with Crippen LogP contribution in [0.4, 0.5) is 0 Å². The largest absolute Gasteiger partial charge is 0.382 e. The lowest BCUT2D eigenvalue weighted by atomic mass is 10.1. The van der Waals surface area contributed by atoms with Crippen molar-refractivity contribution < 1.29 is 0 Å². The number of dihydropyridines is 1. The molecule has 3 heteroatoms. The van der Waals surface area contributed by atoms with Gasteiger partial charge < -0.3 is 5.32 Å². The smallest absolute Gasteiger partial charge is 0.0934 e. The average Bonchev–Trinajstić information content (AvgIpc) is 2.33. The fraction of sp³-hybridized carbons (Fsp3) is 0.286. The molecule has 2 heterocycles. The summed E-state index contributed by atoms with van der Waals surface area (Å²) in [6.07, 6.45) is 7.99. The average molecular weight is 199 g/mol. The van der Waals surface area contributed by atoms with E-state index in [1.165, 1.54) is 0 Å². The highest BCUT2D eigenvalue weighted by Gasteiger charge is 2.21. The minimum Gasteiger partial charge on any atom is -0.382 e. The monoisotopic (exact) mass is 198 g/mol. The number of hydrogen-bond acceptors (Lipinski definition) is 2. The SMILES string of the molecule is BrC1=CC2NC=CC2N=C1. The Balaban J connectivity index is 2.25. The van der Waals surface area contributed by atoms with Gasteiger partial charge in [0.05, 0.1) is 12.1 Å². The predicted octanol–water partition coefficient (Wildman–Crippen LogP) is 1.20. The van der Waals surface area contributed by atoms with E-state index in [2.05, 4.69) is 38.4 Å². The Labute approximate surface area is 67.9 Å². The Morgan fingerprint density at radius 1 is 1.60 bits per heavy atom. The molecule has 2 aliphatic rings. The zero-order valence-electron chi connectivity index (χ0n) is 5.29. The number of rotatable bonds is 0. The van der Waals surface area contributed by atoms with Crippen LogP contribution in [0.15, 0.2) is 27.8 Å². The molecule has 0 bridgehead atoms. The maximum absolute atomic E-state index is 4.28. The molecule has 2 atom stereocenters. The fourth-order valence-electron chi connectivity index (χ4n) is 1.14. The van der Waals surface area contributed by atoms with E-state index in [9.17, 15) is 0 Å². The van der Waals surface area contributed by atoms with Gasteiger partial charge in [0.25, 0.3) is 0 Å². The zero-order valence-corrected chi connectivity index (χ0v) is 6.88. The van der Waals surface area contributed by atoms with Gasteiger partial charge >= 0.3 is 0 Å². The van der Waals surface area contributed by atoms with E-state index in [1.54, 1.807) is 0 Å². The first-order chi connectivity index (χ1) is 4.86. The second kappa shape index (κ2) is 2.23. The second-order valence-electron chi connectivity index (χ2n) is 2.37. The normalized spacial score (nSPS) is 35.1. The van der Waals surface area contributed by atoms with Gasteiger partial charge in [0.1, 0.15) is 0 Å². The quantitative estimate of drug-likeness (QED) is 0.622. The van der Waals surface area contributed by atoms with Crippen LogP contribution >= 0.6 is 15.9 Å². The molecule has 2 nitrogen and oxygen atoms in total. The minimum atomic E-state index is 0.321. The molecule has 0 saturated heterocycles. The molecule has 0 fully saturated rings. The molecule has 2 unspecified atom stereocenters. The van der Waals surface area contributed by atoms with Crippen LogP contribution in [-0.4, -0.2) is 18.3 Å². The molecule has 0 aromatic heterocycles. The summed E-state index contributed by atoms with van der Waals surface area (Å²) in [5.41, 5.74) is 0. The van der Waals surface area contributed by atoms with Crippen LogP contribution in [-0.2, 0) is 0 Å². The Bertz CT molecular complexity index is 230. The van der Waals surface area contributed by atoms with Crippen LogP contribution in [0.25, 0.3) is 0 Å². The molecule has 10 heavy (non-hydrogen) atoms. The van der Waals surface area contributed by atoms with Gasteiger partial charge in [0.15, 0.2) is 0 Å².